The number of fused-ring (bicyclic) bond motifs is 1. The highest BCUT2D eigenvalue weighted by atomic mass is 79.9. The van der Waals surface area contributed by atoms with Crippen LogP contribution in [0.4, 0.5) is 4.39 Å². The lowest BCUT2D eigenvalue weighted by Gasteiger charge is -2.20. The molecule has 3 rings (SSSR count). The van der Waals surface area contributed by atoms with Crippen molar-refractivity contribution in [3.05, 3.63) is 57.8 Å². The molecule has 0 spiro atoms. The summed E-state index contributed by atoms with van der Waals surface area (Å²) in [5, 5.41) is 0. The van der Waals surface area contributed by atoms with E-state index in [2.05, 4.69) is 31.9 Å². The van der Waals surface area contributed by atoms with E-state index in [4.69, 9.17) is 9.47 Å². The third-order valence-electron chi connectivity index (χ3n) is 3.09. The van der Waals surface area contributed by atoms with Gasteiger partial charge in [0.05, 0.1) is 4.83 Å². The van der Waals surface area contributed by atoms with Gasteiger partial charge in [-0.1, -0.05) is 44.0 Å². The van der Waals surface area contributed by atoms with Crippen LogP contribution in [-0.2, 0) is 0 Å². The van der Waals surface area contributed by atoms with Crippen LogP contribution in [0.1, 0.15) is 16.0 Å². The summed E-state index contributed by atoms with van der Waals surface area (Å²) in [5.74, 6) is 1.18. The van der Waals surface area contributed by atoms with Crippen LogP contribution in [0.25, 0.3) is 0 Å². The van der Waals surface area contributed by atoms with Gasteiger partial charge in [0.15, 0.2) is 11.5 Å². The molecule has 0 radical (unpaired) electrons. The number of hydrogen-bond donors (Lipinski definition) is 0. The Bertz CT molecular complexity index is 646. The van der Waals surface area contributed by atoms with E-state index in [-0.39, 0.29) is 10.6 Å². The molecule has 0 amide bonds. The van der Waals surface area contributed by atoms with Crippen molar-refractivity contribution in [1.82, 2.24) is 0 Å². The predicted octanol–water partition coefficient (Wildman–Crippen LogP) is 4.84. The maximum atomic E-state index is 14.0. The first-order valence-electron chi connectivity index (χ1n) is 6.14. The van der Waals surface area contributed by atoms with Crippen molar-refractivity contribution < 1.29 is 13.9 Å². The van der Waals surface area contributed by atoms with Gasteiger partial charge >= 0.3 is 0 Å². The molecule has 0 aliphatic carbocycles. The number of alkyl halides is 1. The quantitative estimate of drug-likeness (QED) is 0.670. The van der Waals surface area contributed by atoms with Gasteiger partial charge in [0.2, 0.25) is 0 Å². The molecular formula is C15H11Br2FO2. The Morgan fingerprint density at radius 1 is 1.00 bits per heavy atom. The zero-order valence-corrected chi connectivity index (χ0v) is 13.6. The van der Waals surface area contributed by atoms with E-state index in [1.165, 1.54) is 6.07 Å². The van der Waals surface area contributed by atoms with Crippen molar-refractivity contribution in [2.45, 2.75) is 4.83 Å². The Hall–Kier alpha value is -1.07. The molecule has 2 aromatic rings. The molecule has 104 valence electrons. The molecule has 1 aliphatic heterocycles. The summed E-state index contributed by atoms with van der Waals surface area (Å²) < 4.78 is 25.8. The molecule has 1 heterocycles. The molecule has 0 aromatic heterocycles. The van der Waals surface area contributed by atoms with Gasteiger partial charge < -0.3 is 9.47 Å². The fourth-order valence-electron chi connectivity index (χ4n) is 2.10. The highest BCUT2D eigenvalue weighted by molar-refractivity contribution is 9.10. The van der Waals surface area contributed by atoms with E-state index in [0.29, 0.717) is 24.5 Å². The van der Waals surface area contributed by atoms with Crippen LogP contribution in [-0.4, -0.2) is 13.2 Å². The van der Waals surface area contributed by atoms with Crippen LogP contribution < -0.4 is 9.47 Å². The van der Waals surface area contributed by atoms with Gasteiger partial charge in [-0.05, 0) is 29.8 Å². The molecule has 2 aromatic carbocycles. The van der Waals surface area contributed by atoms with E-state index in [0.717, 1.165) is 15.8 Å². The second-order valence-electron chi connectivity index (χ2n) is 4.43. The van der Waals surface area contributed by atoms with Gasteiger partial charge in [-0.2, -0.15) is 0 Å². The Kier molecular flexibility index (Phi) is 3.98. The maximum absolute atomic E-state index is 14.0. The highest BCUT2D eigenvalue weighted by Gasteiger charge is 2.18. The van der Waals surface area contributed by atoms with Crippen molar-refractivity contribution in [1.29, 1.82) is 0 Å². The molecule has 0 bridgehead atoms. The topological polar surface area (TPSA) is 18.5 Å². The summed E-state index contributed by atoms with van der Waals surface area (Å²) in [6.45, 7) is 1.10. The molecule has 1 unspecified atom stereocenters. The summed E-state index contributed by atoms with van der Waals surface area (Å²) in [5.41, 5.74) is 1.51. The fraction of sp³-hybridized carbons (Fsp3) is 0.200. The summed E-state index contributed by atoms with van der Waals surface area (Å²) in [6, 6.07) is 10.7. The first kappa shape index (κ1) is 13.9. The average Bonchev–Trinajstić information content (AvgIpc) is 2.46. The fourth-order valence-corrected chi connectivity index (χ4v) is 3.09. The lowest BCUT2D eigenvalue weighted by molar-refractivity contribution is 0.171. The van der Waals surface area contributed by atoms with Gasteiger partial charge in [-0.25, -0.2) is 4.39 Å². The average molecular weight is 402 g/mol. The van der Waals surface area contributed by atoms with Gasteiger partial charge in [-0.15, -0.1) is 0 Å². The Morgan fingerprint density at radius 3 is 2.50 bits per heavy atom. The largest absolute Gasteiger partial charge is 0.486 e. The predicted molar refractivity (Wildman–Crippen MR) is 82.3 cm³/mol. The summed E-state index contributed by atoms with van der Waals surface area (Å²) in [6.07, 6.45) is 0. The maximum Gasteiger partial charge on any atom is 0.161 e. The van der Waals surface area contributed by atoms with Gasteiger partial charge in [0, 0.05) is 10.0 Å². The number of benzene rings is 2. The van der Waals surface area contributed by atoms with Crippen LogP contribution in [0, 0.1) is 5.82 Å². The van der Waals surface area contributed by atoms with E-state index >= 15 is 0 Å². The second kappa shape index (κ2) is 5.74. The van der Waals surface area contributed by atoms with E-state index < -0.39 is 0 Å². The van der Waals surface area contributed by atoms with E-state index in [1.54, 1.807) is 6.07 Å². The van der Waals surface area contributed by atoms with Crippen molar-refractivity contribution >= 4 is 31.9 Å². The monoisotopic (exact) mass is 400 g/mol. The van der Waals surface area contributed by atoms with Crippen LogP contribution in [0.2, 0.25) is 0 Å². The summed E-state index contributed by atoms with van der Waals surface area (Å²) in [7, 11) is 0. The molecule has 0 fully saturated rings. The number of halogens is 3. The lowest BCUT2D eigenvalue weighted by atomic mass is 10.0. The van der Waals surface area contributed by atoms with Crippen LogP contribution in [0.15, 0.2) is 40.9 Å². The Morgan fingerprint density at radius 2 is 1.75 bits per heavy atom. The first-order valence-corrected chi connectivity index (χ1v) is 7.84. The molecule has 20 heavy (non-hydrogen) atoms. The minimum absolute atomic E-state index is 0.230. The third kappa shape index (κ3) is 2.69. The van der Waals surface area contributed by atoms with Crippen LogP contribution >= 0.6 is 31.9 Å². The molecule has 1 aliphatic rings. The standard InChI is InChI=1S/C15H11Br2FO2/c16-10-2-3-11(12(18)8-10)15(17)9-1-4-13-14(7-9)20-6-5-19-13/h1-4,7-8,15H,5-6H2. The first-order chi connectivity index (χ1) is 9.65. The second-order valence-corrected chi connectivity index (χ2v) is 6.26. The molecule has 0 saturated heterocycles. The normalized spacial score (nSPS) is 14.9. The lowest BCUT2D eigenvalue weighted by Crippen LogP contribution is -2.15. The van der Waals surface area contributed by atoms with Crippen LogP contribution in [0.5, 0.6) is 11.5 Å². The highest BCUT2D eigenvalue weighted by Crippen LogP contribution is 2.38. The van der Waals surface area contributed by atoms with Crippen molar-refractivity contribution in [3.63, 3.8) is 0 Å². The zero-order valence-electron chi connectivity index (χ0n) is 10.4. The van der Waals surface area contributed by atoms with Crippen molar-refractivity contribution in [2.75, 3.05) is 13.2 Å². The summed E-state index contributed by atoms with van der Waals surface area (Å²) >= 11 is 6.80. The van der Waals surface area contributed by atoms with Crippen molar-refractivity contribution in [3.8, 4) is 11.5 Å². The number of hydrogen-bond acceptors (Lipinski definition) is 2. The van der Waals surface area contributed by atoms with Crippen LogP contribution in [0.3, 0.4) is 0 Å². The SMILES string of the molecule is Fc1cc(Br)ccc1C(Br)c1ccc2c(c1)OCCO2. The molecular weight excluding hydrogens is 391 g/mol. The Labute approximate surface area is 133 Å². The number of ether oxygens (including phenoxy) is 2. The minimum Gasteiger partial charge on any atom is -0.486 e. The van der Waals surface area contributed by atoms with Gasteiger partial charge in [0.1, 0.15) is 19.0 Å². The van der Waals surface area contributed by atoms with E-state index in [9.17, 15) is 4.39 Å². The van der Waals surface area contributed by atoms with E-state index in [1.807, 2.05) is 24.3 Å². The molecule has 2 nitrogen and oxygen atoms in total. The van der Waals surface area contributed by atoms with Crippen molar-refractivity contribution in [2.24, 2.45) is 0 Å². The minimum atomic E-state index is -0.254. The number of rotatable bonds is 2. The smallest absolute Gasteiger partial charge is 0.161 e. The molecule has 0 N–H and O–H groups in total. The van der Waals surface area contributed by atoms with Gasteiger partial charge in [0.25, 0.3) is 0 Å². The van der Waals surface area contributed by atoms with Gasteiger partial charge in [-0.3, -0.25) is 0 Å². The molecule has 5 heteroatoms. The zero-order chi connectivity index (χ0) is 14.1. The Balaban J connectivity index is 1.95. The molecule has 1 atom stereocenters. The molecule has 0 saturated carbocycles. The third-order valence-corrected chi connectivity index (χ3v) is 4.61. The summed E-state index contributed by atoms with van der Waals surface area (Å²) in [4.78, 5) is -0.230.